The van der Waals surface area contributed by atoms with Crippen molar-refractivity contribution in [3.63, 3.8) is 0 Å². The van der Waals surface area contributed by atoms with E-state index in [9.17, 15) is 14.5 Å². The van der Waals surface area contributed by atoms with E-state index in [-0.39, 0.29) is 34.0 Å². The summed E-state index contributed by atoms with van der Waals surface area (Å²) in [6.45, 7) is 8.52. The first kappa shape index (κ1) is 22.8. The molecule has 6 heteroatoms. The van der Waals surface area contributed by atoms with Gasteiger partial charge in [-0.2, -0.15) is 0 Å². The molecule has 3 atom stereocenters. The van der Waals surface area contributed by atoms with Gasteiger partial charge in [-0.05, 0) is 48.8 Å². The van der Waals surface area contributed by atoms with Crippen LogP contribution in [0.4, 0.5) is 5.69 Å². The number of aromatic nitrogens is 1. The van der Waals surface area contributed by atoms with Crippen molar-refractivity contribution in [2.45, 2.75) is 53.1 Å². The summed E-state index contributed by atoms with van der Waals surface area (Å²) in [7, 11) is 0. The number of ether oxygens (including phenoxy) is 1. The van der Waals surface area contributed by atoms with Crippen molar-refractivity contribution in [2.75, 3.05) is 0 Å². The van der Waals surface area contributed by atoms with Crippen LogP contribution in [0.15, 0.2) is 53.7 Å². The summed E-state index contributed by atoms with van der Waals surface area (Å²) < 4.78 is 6.26. The van der Waals surface area contributed by atoms with Crippen molar-refractivity contribution < 1.29 is 14.3 Å². The topological polar surface area (TPSA) is 85.7 Å². The van der Waals surface area contributed by atoms with Gasteiger partial charge in [0.05, 0.1) is 22.5 Å². The zero-order valence-corrected chi connectivity index (χ0v) is 20.9. The van der Waals surface area contributed by atoms with Gasteiger partial charge in [0.15, 0.2) is 5.78 Å². The van der Waals surface area contributed by atoms with Gasteiger partial charge in [-0.3, -0.25) is 9.78 Å². The summed E-state index contributed by atoms with van der Waals surface area (Å²) in [5, 5.41) is 3.21. The van der Waals surface area contributed by atoms with Crippen molar-refractivity contribution in [1.82, 2.24) is 4.98 Å². The Morgan fingerprint density at radius 2 is 1.67 bits per heavy atom. The first-order valence-corrected chi connectivity index (χ1v) is 12.5. The summed E-state index contributed by atoms with van der Waals surface area (Å²) in [6, 6.07) is 14.1. The van der Waals surface area contributed by atoms with Crippen LogP contribution in [0, 0.1) is 28.6 Å². The Morgan fingerprint density at radius 1 is 1.00 bits per heavy atom. The number of carbonyl (C=O) groups excluding carboxylic acids is 2. The predicted molar refractivity (Wildman–Crippen MR) is 137 cm³/mol. The van der Waals surface area contributed by atoms with E-state index in [1.165, 1.54) is 0 Å². The summed E-state index contributed by atoms with van der Waals surface area (Å²) in [5.74, 6) is -0.210. The van der Waals surface area contributed by atoms with Crippen molar-refractivity contribution in [3.8, 4) is 22.4 Å². The maximum absolute atomic E-state index is 13.9. The molecule has 3 aliphatic carbocycles. The molecular weight excluding hydrogens is 452 g/mol. The average Bonchev–Trinajstić information content (AvgIpc) is 3.35. The van der Waals surface area contributed by atoms with E-state index in [4.69, 9.17) is 9.72 Å². The van der Waals surface area contributed by atoms with Crippen molar-refractivity contribution in [1.29, 1.82) is 0 Å². The van der Waals surface area contributed by atoms with E-state index in [1.807, 2.05) is 18.2 Å². The summed E-state index contributed by atoms with van der Waals surface area (Å²) in [5.41, 5.74) is 3.74. The lowest BCUT2D eigenvalue weighted by Crippen LogP contribution is -2.38. The summed E-state index contributed by atoms with van der Waals surface area (Å²) >= 11 is 0. The van der Waals surface area contributed by atoms with Gasteiger partial charge in [-0.25, -0.2) is 4.79 Å². The number of ketones is 1. The van der Waals surface area contributed by atoms with Crippen molar-refractivity contribution in [3.05, 3.63) is 75.8 Å². The van der Waals surface area contributed by atoms with Crippen LogP contribution in [0.2, 0.25) is 0 Å². The SMILES string of the molecule is Cc1nc2c(c(-c3ccccc3N=O)c1C(=O)O[C@H]1C[C@H]3CC[C@]1(C)C3(C)C)C(=O)c1ccccc1-2. The Balaban J connectivity index is 1.54. The van der Waals surface area contributed by atoms with Crippen LogP contribution in [0.1, 0.15) is 72.0 Å². The fourth-order valence-electron chi connectivity index (χ4n) is 6.92. The Labute approximate surface area is 210 Å². The fourth-order valence-corrected chi connectivity index (χ4v) is 6.92. The minimum absolute atomic E-state index is 0.0810. The highest BCUT2D eigenvalue weighted by atomic mass is 16.5. The number of nitroso groups, excluding NO2 is 1. The lowest BCUT2D eigenvalue weighted by Gasteiger charge is -2.38. The molecule has 36 heavy (non-hydrogen) atoms. The van der Waals surface area contributed by atoms with Crippen LogP contribution >= 0.6 is 0 Å². The highest BCUT2D eigenvalue weighted by molar-refractivity contribution is 6.26. The van der Waals surface area contributed by atoms with Gasteiger partial charge in [0.1, 0.15) is 11.8 Å². The van der Waals surface area contributed by atoms with Crippen LogP contribution in [0.3, 0.4) is 0 Å². The molecule has 2 fully saturated rings. The number of esters is 1. The monoisotopic (exact) mass is 480 g/mol. The van der Waals surface area contributed by atoms with Crippen LogP contribution in [-0.2, 0) is 4.74 Å². The second kappa shape index (κ2) is 7.66. The lowest BCUT2D eigenvalue weighted by atomic mass is 9.70. The molecular formula is C30H28N2O4. The minimum atomic E-state index is -0.503. The van der Waals surface area contributed by atoms with Gasteiger partial charge in [0.2, 0.25) is 0 Å². The molecule has 0 radical (unpaired) electrons. The summed E-state index contributed by atoms with van der Waals surface area (Å²) in [6.07, 6.45) is 2.78. The van der Waals surface area contributed by atoms with Crippen LogP contribution < -0.4 is 0 Å². The standard InChI is InChI=1S/C30H28N2O4/c1-16-23(28(34)36-22-15-17-13-14-30(22,4)29(17,2)3)24(20-11-7-8-12-21(20)32-35)25-26(31-16)18-9-5-6-10-19(18)27(25)33/h5-12,17,22H,13-15H2,1-4H3/t17-,22+,30+/m1/s1. The second-order valence-electron chi connectivity index (χ2n) is 11.2. The molecule has 3 aliphatic rings. The molecule has 2 bridgehead atoms. The van der Waals surface area contributed by atoms with Crippen LogP contribution in [-0.4, -0.2) is 22.8 Å². The second-order valence-corrected chi connectivity index (χ2v) is 11.2. The van der Waals surface area contributed by atoms with E-state index in [2.05, 4.69) is 25.9 Å². The minimum Gasteiger partial charge on any atom is -0.458 e. The molecule has 0 spiro atoms. The van der Waals surface area contributed by atoms with Gasteiger partial charge in [0.25, 0.3) is 0 Å². The molecule has 1 aromatic heterocycles. The molecule has 182 valence electrons. The molecule has 0 N–H and O–H groups in total. The predicted octanol–water partition coefficient (Wildman–Crippen LogP) is 7.04. The number of pyridine rings is 1. The Bertz CT molecular complexity index is 1470. The number of rotatable bonds is 4. The van der Waals surface area contributed by atoms with E-state index < -0.39 is 5.97 Å². The third-order valence-electron chi connectivity index (χ3n) is 9.47. The maximum Gasteiger partial charge on any atom is 0.340 e. The first-order chi connectivity index (χ1) is 17.2. The van der Waals surface area contributed by atoms with Gasteiger partial charge in [-0.1, -0.05) is 63.2 Å². The van der Waals surface area contributed by atoms with E-state index >= 15 is 0 Å². The Hall–Kier alpha value is -3.67. The Morgan fingerprint density at radius 3 is 2.31 bits per heavy atom. The number of hydrogen-bond donors (Lipinski definition) is 0. The first-order valence-electron chi connectivity index (χ1n) is 12.5. The van der Waals surface area contributed by atoms with Crippen LogP contribution in [0.25, 0.3) is 22.4 Å². The highest BCUT2D eigenvalue weighted by Gasteiger charge is 2.63. The maximum atomic E-state index is 13.9. The summed E-state index contributed by atoms with van der Waals surface area (Å²) in [4.78, 5) is 44.1. The van der Waals surface area contributed by atoms with Crippen LogP contribution in [0.5, 0.6) is 0 Å². The van der Waals surface area contributed by atoms with E-state index in [0.717, 1.165) is 24.8 Å². The molecule has 0 saturated heterocycles. The molecule has 2 aromatic carbocycles. The van der Waals surface area contributed by atoms with Crippen molar-refractivity contribution in [2.24, 2.45) is 21.9 Å². The number of hydrogen-bond acceptors (Lipinski definition) is 6. The molecule has 0 amide bonds. The average molecular weight is 481 g/mol. The third-order valence-corrected chi connectivity index (χ3v) is 9.47. The Kier molecular flexibility index (Phi) is 4.85. The molecule has 2 saturated carbocycles. The number of aryl methyl sites for hydroxylation is 1. The molecule has 0 aliphatic heterocycles. The van der Waals surface area contributed by atoms with E-state index in [0.29, 0.717) is 39.6 Å². The molecule has 1 heterocycles. The fraction of sp³-hybridized carbons (Fsp3) is 0.367. The van der Waals surface area contributed by atoms with Gasteiger partial charge in [-0.15, -0.1) is 4.91 Å². The lowest BCUT2D eigenvalue weighted by molar-refractivity contribution is -0.0242. The number of nitrogens with zero attached hydrogens (tertiary/aromatic N) is 2. The van der Waals surface area contributed by atoms with Crippen molar-refractivity contribution >= 4 is 17.4 Å². The highest BCUT2D eigenvalue weighted by Crippen LogP contribution is 2.66. The molecule has 6 nitrogen and oxygen atoms in total. The largest absolute Gasteiger partial charge is 0.458 e. The zero-order chi connectivity index (χ0) is 25.4. The third kappa shape index (κ3) is 2.87. The smallest absolute Gasteiger partial charge is 0.340 e. The zero-order valence-electron chi connectivity index (χ0n) is 20.9. The molecule has 6 rings (SSSR count). The van der Waals surface area contributed by atoms with Gasteiger partial charge >= 0.3 is 5.97 Å². The van der Waals surface area contributed by atoms with E-state index in [1.54, 1.807) is 37.3 Å². The number of fused-ring (bicyclic) bond motifs is 5. The molecule has 0 unspecified atom stereocenters. The normalized spacial score (nSPS) is 24.9. The van der Waals surface area contributed by atoms with Gasteiger partial charge in [0, 0.05) is 27.7 Å². The number of benzene rings is 2. The molecule has 3 aromatic rings. The van der Waals surface area contributed by atoms with Gasteiger partial charge < -0.3 is 4.74 Å². The number of carbonyl (C=O) groups is 2. The quantitative estimate of drug-likeness (QED) is 0.231.